The zero-order valence-corrected chi connectivity index (χ0v) is 56.4. The lowest BCUT2D eigenvalue weighted by Gasteiger charge is -2.49. The van der Waals surface area contributed by atoms with Gasteiger partial charge in [-0.05, 0) is 208 Å². The van der Waals surface area contributed by atoms with E-state index >= 15 is 0 Å². The van der Waals surface area contributed by atoms with Crippen molar-refractivity contribution in [2.45, 2.75) is 329 Å². The van der Waals surface area contributed by atoms with Crippen molar-refractivity contribution in [1.29, 1.82) is 0 Å². The van der Waals surface area contributed by atoms with E-state index in [1.165, 1.54) is 87.9 Å². The van der Waals surface area contributed by atoms with Gasteiger partial charge in [0.2, 0.25) is 0 Å². The van der Waals surface area contributed by atoms with Crippen molar-refractivity contribution in [1.82, 2.24) is 0 Å². The van der Waals surface area contributed by atoms with Crippen molar-refractivity contribution in [2.75, 3.05) is 19.8 Å². The number of carbonyl (C=O) groups is 7. The third-order valence-corrected chi connectivity index (χ3v) is 17.2. The van der Waals surface area contributed by atoms with Crippen molar-refractivity contribution in [3.05, 3.63) is 0 Å². The second-order valence-corrected chi connectivity index (χ2v) is 22.7. The number of fused-ring (bicyclic) bond motifs is 4. The van der Waals surface area contributed by atoms with Crippen LogP contribution in [0.15, 0.2) is 0 Å². The van der Waals surface area contributed by atoms with E-state index in [-0.39, 0.29) is 35.9 Å². The number of cyclic esters (lactones) is 3. The predicted molar refractivity (Wildman–Crippen MR) is 339 cm³/mol. The molecular weight excluding hydrogens is 1030 g/mol. The van der Waals surface area contributed by atoms with E-state index in [1.54, 1.807) is 38.5 Å². The molecule has 16 fully saturated rings. The van der Waals surface area contributed by atoms with Gasteiger partial charge in [0.15, 0.2) is 0 Å². The molecule has 11 heteroatoms. The molecule has 16 rings (SSSR count). The largest absolute Gasteiger partial charge is 0.466 e. The highest BCUT2D eigenvalue weighted by Gasteiger charge is 2.47. The number of Topliss-reactive ketones (excluding diaryl/α,β-unsaturated/α-hetero) is 3. The first-order chi connectivity index (χ1) is 40.0. The number of ketones is 3. The maximum atomic E-state index is 11.6. The van der Waals surface area contributed by atoms with E-state index in [0.29, 0.717) is 74.2 Å². The maximum absolute atomic E-state index is 11.6. The van der Waals surface area contributed by atoms with Crippen LogP contribution in [-0.4, -0.2) is 67.2 Å². The van der Waals surface area contributed by atoms with Gasteiger partial charge >= 0.3 is 23.9 Å². The molecule has 16 aliphatic rings. The molecule has 0 aromatic rings. The molecule has 11 nitrogen and oxygen atoms in total. The summed E-state index contributed by atoms with van der Waals surface area (Å²) in [6.07, 6.45) is 38.6. The van der Waals surface area contributed by atoms with Gasteiger partial charge in [-0.2, -0.15) is 0 Å². The zero-order chi connectivity index (χ0) is 62.3. The fourth-order valence-corrected chi connectivity index (χ4v) is 14.2. The Morgan fingerprint density at radius 2 is 0.646 bits per heavy atom. The molecule has 0 N–H and O–H groups in total. The van der Waals surface area contributed by atoms with E-state index in [0.717, 1.165) is 108 Å². The summed E-state index contributed by atoms with van der Waals surface area (Å²) < 4.78 is 19.0. The van der Waals surface area contributed by atoms with Gasteiger partial charge in [-0.3, -0.25) is 33.6 Å². The molecule has 0 radical (unpaired) electrons. The predicted octanol–water partition coefficient (Wildman–Crippen LogP) is 19.2. The SMILES string of the molecule is C1C2CC3CC1CC(C2)C3.CC.CC.CC.CC.CC.CC.CC.CC.O=C1C2CC3CC(C2)CC1C3.O=C1CC2CCC1C2.O=C1CCCCC1.O=C1CCCCCO1.O=C1CCCCO1.O=C1CCCO1.O=C1OC2CCCC1C2. The Morgan fingerprint density at radius 3 is 0.951 bits per heavy atom. The lowest BCUT2D eigenvalue weighted by atomic mass is 9.56. The summed E-state index contributed by atoms with van der Waals surface area (Å²) in [6.45, 7) is 33.9. The summed E-state index contributed by atoms with van der Waals surface area (Å²) in [7, 11) is 0. The molecule has 4 saturated heterocycles. The van der Waals surface area contributed by atoms with Gasteiger partial charge in [0.1, 0.15) is 23.5 Å². The number of ether oxygens (including phenoxy) is 4. The molecule has 482 valence electrons. The van der Waals surface area contributed by atoms with Gasteiger partial charge < -0.3 is 18.9 Å². The highest BCUT2D eigenvalue weighted by Crippen LogP contribution is 2.54. The fraction of sp³-hybridized carbons (Fsp3) is 0.901. The van der Waals surface area contributed by atoms with Crippen LogP contribution in [0.3, 0.4) is 0 Å². The fourth-order valence-electron chi connectivity index (χ4n) is 14.2. The van der Waals surface area contributed by atoms with E-state index in [4.69, 9.17) is 9.47 Å². The lowest BCUT2D eigenvalue weighted by Crippen LogP contribution is -2.45. The smallest absolute Gasteiger partial charge is 0.309 e. The molecule has 82 heavy (non-hydrogen) atoms. The first-order valence-electron chi connectivity index (χ1n) is 35.3. The highest BCUT2D eigenvalue weighted by atomic mass is 16.6. The summed E-state index contributed by atoms with van der Waals surface area (Å²) in [5.74, 6) is 10.7. The highest BCUT2D eigenvalue weighted by molar-refractivity contribution is 5.85. The van der Waals surface area contributed by atoms with Crippen LogP contribution >= 0.6 is 0 Å². The summed E-state index contributed by atoms with van der Waals surface area (Å²) >= 11 is 0. The molecule has 0 aromatic carbocycles. The van der Waals surface area contributed by atoms with Gasteiger partial charge in [0, 0.05) is 56.3 Å². The number of carbonyl (C=O) groups excluding carboxylic acids is 7. The standard InChI is InChI=1S/C10H14O.C10H16.C7H10O2.C7H10O.C6H10O2.C6H10O.C5H8O2.C4H6O2.8C2H6/c11-10-8-2-6-1-7(4-8)5-9(10)3-6;1-7-2-9-4-8(1)5-10(3-7)6-9;8-7-5-2-1-3-6(4-5)9-7;8-7-4-5-1-2-6(7)3-5;7-6-4-2-1-3-5-8-6;7-6-4-2-1-3-5-6;6-5-3-1-2-4-7-5;5-4-2-1-3-6-4;8*1-2/h6-9H,1-5H2;7-10H,1-6H2;5-6H,1-4H2;5-6H,1-4H2;1-5H2;1-5H2;1-4H2;1-3H2;8*1-2H3. The molecule has 0 aromatic heterocycles. The van der Waals surface area contributed by atoms with E-state index in [1.807, 2.05) is 111 Å². The molecule has 12 bridgehead atoms. The van der Waals surface area contributed by atoms with Crippen LogP contribution in [0.4, 0.5) is 0 Å². The van der Waals surface area contributed by atoms with Crippen LogP contribution in [0.1, 0.15) is 323 Å². The molecular formula is C71H132O11. The summed E-state index contributed by atoms with van der Waals surface area (Å²) in [4.78, 5) is 74.4. The van der Waals surface area contributed by atoms with Gasteiger partial charge in [0.25, 0.3) is 0 Å². The molecule has 4 aliphatic heterocycles. The average Bonchev–Trinajstić information content (AvgIpc) is 4.44. The lowest BCUT2D eigenvalue weighted by molar-refractivity contribution is -0.147. The van der Waals surface area contributed by atoms with Crippen LogP contribution in [0.2, 0.25) is 0 Å². The van der Waals surface area contributed by atoms with Gasteiger partial charge in [-0.1, -0.05) is 117 Å². The first kappa shape index (κ1) is 81.0. The Bertz CT molecular complexity index is 1500. The first-order valence-corrected chi connectivity index (χ1v) is 35.3. The second kappa shape index (κ2) is 52.2. The Labute approximate surface area is 505 Å². The van der Waals surface area contributed by atoms with Crippen molar-refractivity contribution in [2.24, 2.45) is 65.1 Å². The Morgan fingerprint density at radius 1 is 0.293 bits per heavy atom. The molecule has 0 amide bonds. The van der Waals surface area contributed by atoms with Crippen LogP contribution in [0.5, 0.6) is 0 Å². The summed E-state index contributed by atoms with van der Waals surface area (Å²) in [6, 6.07) is 0. The Balaban J connectivity index is 0. The Hall–Kier alpha value is -3.11. The monoisotopic (exact) mass is 1160 g/mol. The normalized spacial score (nSPS) is 31.0. The molecule has 12 aliphatic carbocycles. The number of hydrogen-bond acceptors (Lipinski definition) is 11. The minimum Gasteiger partial charge on any atom is -0.466 e. The molecule has 0 spiro atoms. The third-order valence-electron chi connectivity index (χ3n) is 17.2. The average molecular weight is 1160 g/mol. The quantitative estimate of drug-likeness (QED) is 0.168. The van der Waals surface area contributed by atoms with Gasteiger partial charge in [0.05, 0.1) is 25.7 Å². The molecule has 4 unspecified atom stereocenters. The molecule has 4 heterocycles. The van der Waals surface area contributed by atoms with Crippen molar-refractivity contribution < 1.29 is 52.5 Å². The van der Waals surface area contributed by atoms with Crippen molar-refractivity contribution >= 4 is 41.2 Å². The number of rotatable bonds is 0. The van der Waals surface area contributed by atoms with Crippen LogP contribution < -0.4 is 0 Å². The summed E-state index contributed by atoms with van der Waals surface area (Å²) in [5.41, 5.74) is 0. The second-order valence-electron chi connectivity index (χ2n) is 22.7. The van der Waals surface area contributed by atoms with Gasteiger partial charge in [-0.25, -0.2) is 0 Å². The van der Waals surface area contributed by atoms with E-state index < -0.39 is 0 Å². The maximum Gasteiger partial charge on any atom is 0.309 e. The van der Waals surface area contributed by atoms with Crippen molar-refractivity contribution in [3.8, 4) is 0 Å². The number of esters is 4. The number of hydrogen-bond donors (Lipinski definition) is 0. The molecule has 12 saturated carbocycles. The zero-order valence-electron chi connectivity index (χ0n) is 56.4. The topological polar surface area (TPSA) is 156 Å². The minimum atomic E-state index is -0.0463. The van der Waals surface area contributed by atoms with Crippen molar-refractivity contribution in [3.63, 3.8) is 0 Å². The Kier molecular flexibility index (Phi) is 51.6. The van der Waals surface area contributed by atoms with Crippen LogP contribution in [0, 0.1) is 65.1 Å². The van der Waals surface area contributed by atoms with E-state index in [9.17, 15) is 33.6 Å². The van der Waals surface area contributed by atoms with E-state index in [2.05, 4.69) is 9.47 Å². The van der Waals surface area contributed by atoms with Crippen LogP contribution in [0.25, 0.3) is 0 Å². The molecule has 4 atom stereocenters. The van der Waals surface area contributed by atoms with Crippen LogP contribution in [-0.2, 0) is 52.5 Å². The van der Waals surface area contributed by atoms with Gasteiger partial charge in [-0.15, -0.1) is 0 Å². The summed E-state index contributed by atoms with van der Waals surface area (Å²) in [5, 5.41) is 0. The third kappa shape index (κ3) is 33.0. The minimum absolute atomic E-state index is 0.0255.